The summed E-state index contributed by atoms with van der Waals surface area (Å²) in [7, 11) is 2.99. The molecular weight excluding hydrogens is 476 g/mol. The Morgan fingerprint density at radius 1 is 0.973 bits per heavy atom. The third kappa shape index (κ3) is 7.59. The highest BCUT2D eigenvalue weighted by Crippen LogP contribution is 2.31. The number of carbonyl (C=O) groups excluding carboxylic acids is 2. The molecule has 0 aliphatic carbocycles. The van der Waals surface area contributed by atoms with Gasteiger partial charge >= 0.3 is 5.97 Å². The number of amides is 1. The van der Waals surface area contributed by atoms with Gasteiger partial charge in [-0.1, -0.05) is 12.1 Å². The summed E-state index contributed by atoms with van der Waals surface area (Å²) in [6, 6.07) is 12.1. The molecule has 2 aromatic rings. The Morgan fingerprint density at radius 2 is 1.59 bits per heavy atom. The SMILES string of the molecule is COc1cc(/C=C(\C#N)C(=O)N2CCOCC2)ccc1OC(=O)/C=C/c1ccc(OC(C)C)c(OC)c1. The van der Waals surface area contributed by atoms with Gasteiger partial charge in [-0.3, -0.25) is 4.79 Å². The molecule has 37 heavy (non-hydrogen) atoms. The maximum Gasteiger partial charge on any atom is 0.336 e. The average Bonchev–Trinajstić information content (AvgIpc) is 2.91. The van der Waals surface area contributed by atoms with Crippen LogP contribution in [0.4, 0.5) is 0 Å². The topological polar surface area (TPSA) is 107 Å². The van der Waals surface area contributed by atoms with Crippen LogP contribution in [0, 0.1) is 11.3 Å². The van der Waals surface area contributed by atoms with Crippen molar-refractivity contribution in [1.82, 2.24) is 4.90 Å². The van der Waals surface area contributed by atoms with Crippen molar-refractivity contribution in [3.05, 3.63) is 59.2 Å². The Kier molecular flexibility index (Phi) is 9.69. The number of rotatable bonds is 9. The lowest BCUT2D eigenvalue weighted by molar-refractivity contribution is -0.130. The van der Waals surface area contributed by atoms with E-state index in [2.05, 4.69) is 0 Å². The molecule has 194 valence electrons. The van der Waals surface area contributed by atoms with Gasteiger partial charge in [-0.25, -0.2) is 4.79 Å². The molecule has 1 aliphatic heterocycles. The minimum Gasteiger partial charge on any atom is -0.493 e. The molecule has 1 amide bonds. The lowest BCUT2D eigenvalue weighted by Gasteiger charge is -2.26. The maximum atomic E-state index is 12.7. The molecular formula is C28H30N2O7. The van der Waals surface area contributed by atoms with Gasteiger partial charge in [-0.2, -0.15) is 5.26 Å². The number of benzene rings is 2. The predicted molar refractivity (Wildman–Crippen MR) is 137 cm³/mol. The van der Waals surface area contributed by atoms with Gasteiger partial charge in [0.15, 0.2) is 23.0 Å². The van der Waals surface area contributed by atoms with Gasteiger partial charge in [0.05, 0.1) is 33.5 Å². The smallest absolute Gasteiger partial charge is 0.336 e. The summed E-state index contributed by atoms with van der Waals surface area (Å²) >= 11 is 0. The second-order valence-electron chi connectivity index (χ2n) is 8.32. The fourth-order valence-corrected chi connectivity index (χ4v) is 3.55. The van der Waals surface area contributed by atoms with E-state index >= 15 is 0 Å². The van der Waals surface area contributed by atoms with E-state index in [1.165, 1.54) is 19.3 Å². The molecule has 0 atom stereocenters. The van der Waals surface area contributed by atoms with Gasteiger partial charge in [0, 0.05) is 19.2 Å². The molecule has 1 fully saturated rings. The van der Waals surface area contributed by atoms with E-state index in [0.717, 1.165) is 5.56 Å². The third-order valence-corrected chi connectivity index (χ3v) is 5.32. The molecule has 1 aliphatic rings. The molecule has 1 heterocycles. The third-order valence-electron chi connectivity index (χ3n) is 5.32. The molecule has 0 aromatic heterocycles. The van der Waals surface area contributed by atoms with Crippen LogP contribution in [-0.2, 0) is 14.3 Å². The van der Waals surface area contributed by atoms with E-state index in [1.807, 2.05) is 19.9 Å². The van der Waals surface area contributed by atoms with E-state index < -0.39 is 5.97 Å². The van der Waals surface area contributed by atoms with Gasteiger partial charge < -0.3 is 28.6 Å². The van der Waals surface area contributed by atoms with Gasteiger partial charge in [-0.15, -0.1) is 0 Å². The number of esters is 1. The lowest BCUT2D eigenvalue weighted by Crippen LogP contribution is -2.41. The van der Waals surface area contributed by atoms with E-state index in [9.17, 15) is 14.9 Å². The summed E-state index contributed by atoms with van der Waals surface area (Å²) in [4.78, 5) is 26.7. The summed E-state index contributed by atoms with van der Waals surface area (Å²) in [6.45, 7) is 5.61. The Bertz CT molecular complexity index is 1220. The van der Waals surface area contributed by atoms with E-state index in [-0.39, 0.29) is 29.1 Å². The van der Waals surface area contributed by atoms with Crippen molar-refractivity contribution < 1.29 is 33.3 Å². The first-order valence-electron chi connectivity index (χ1n) is 11.8. The molecule has 0 N–H and O–H groups in total. The molecule has 9 heteroatoms. The standard InChI is InChI=1S/C28H30N2O7/c1-19(2)36-23-8-5-20(16-25(23)33-3)7-10-27(31)37-24-9-6-21(17-26(24)34-4)15-22(18-29)28(32)30-11-13-35-14-12-30/h5-10,15-17,19H,11-14H2,1-4H3/b10-7+,22-15+. The monoisotopic (exact) mass is 506 g/mol. The summed E-state index contributed by atoms with van der Waals surface area (Å²) in [5.74, 6) is 0.684. The molecule has 1 saturated heterocycles. The first kappa shape index (κ1) is 27.3. The molecule has 9 nitrogen and oxygen atoms in total. The normalized spacial score (nSPS) is 13.8. The zero-order valence-electron chi connectivity index (χ0n) is 21.4. The van der Waals surface area contributed by atoms with Crippen molar-refractivity contribution in [2.24, 2.45) is 0 Å². The van der Waals surface area contributed by atoms with E-state index in [1.54, 1.807) is 54.5 Å². The highest BCUT2D eigenvalue weighted by molar-refractivity contribution is 6.01. The number of carbonyl (C=O) groups is 2. The van der Waals surface area contributed by atoms with E-state index in [4.69, 9.17) is 23.7 Å². The van der Waals surface area contributed by atoms with Crippen molar-refractivity contribution >= 4 is 24.0 Å². The minimum atomic E-state index is -0.608. The van der Waals surface area contributed by atoms with Crippen LogP contribution in [0.25, 0.3) is 12.2 Å². The van der Waals surface area contributed by atoms with Crippen molar-refractivity contribution in [2.75, 3.05) is 40.5 Å². The van der Waals surface area contributed by atoms with Crippen LogP contribution in [0.3, 0.4) is 0 Å². The van der Waals surface area contributed by atoms with Gasteiger partial charge in [0.25, 0.3) is 5.91 Å². The van der Waals surface area contributed by atoms with Crippen molar-refractivity contribution in [3.63, 3.8) is 0 Å². The number of nitriles is 1. The maximum absolute atomic E-state index is 12.7. The summed E-state index contributed by atoms with van der Waals surface area (Å²) in [6.07, 6.45) is 4.37. The second kappa shape index (κ2) is 13.1. The molecule has 0 bridgehead atoms. The fourth-order valence-electron chi connectivity index (χ4n) is 3.55. The van der Waals surface area contributed by atoms with Crippen LogP contribution in [-0.4, -0.2) is 63.4 Å². The highest BCUT2D eigenvalue weighted by atomic mass is 16.6. The summed E-state index contributed by atoms with van der Waals surface area (Å²) in [5, 5.41) is 9.51. The number of morpholine rings is 1. The largest absolute Gasteiger partial charge is 0.493 e. The Hall–Kier alpha value is -4.29. The van der Waals surface area contributed by atoms with Crippen LogP contribution in [0.5, 0.6) is 23.0 Å². The molecule has 0 unspecified atom stereocenters. The Morgan fingerprint density at radius 3 is 2.24 bits per heavy atom. The number of hydrogen-bond donors (Lipinski definition) is 0. The molecule has 0 spiro atoms. The summed E-state index contributed by atoms with van der Waals surface area (Å²) in [5.41, 5.74) is 1.28. The van der Waals surface area contributed by atoms with Crippen LogP contribution >= 0.6 is 0 Å². The molecule has 2 aromatic carbocycles. The number of methoxy groups -OCH3 is 2. The van der Waals surface area contributed by atoms with Crippen LogP contribution in [0.2, 0.25) is 0 Å². The Balaban J connectivity index is 1.71. The van der Waals surface area contributed by atoms with Crippen molar-refractivity contribution in [2.45, 2.75) is 20.0 Å². The van der Waals surface area contributed by atoms with Gasteiger partial charge in [0.2, 0.25) is 0 Å². The Labute approximate surface area is 216 Å². The summed E-state index contributed by atoms with van der Waals surface area (Å²) < 4.78 is 27.1. The first-order valence-corrected chi connectivity index (χ1v) is 11.8. The fraction of sp³-hybridized carbons (Fsp3) is 0.321. The van der Waals surface area contributed by atoms with Gasteiger partial charge in [0.1, 0.15) is 11.6 Å². The first-order chi connectivity index (χ1) is 17.8. The predicted octanol–water partition coefficient (Wildman–Crippen LogP) is 3.88. The number of ether oxygens (including phenoxy) is 5. The average molecular weight is 507 g/mol. The zero-order valence-corrected chi connectivity index (χ0v) is 21.4. The van der Waals surface area contributed by atoms with Gasteiger partial charge in [-0.05, 0) is 61.4 Å². The van der Waals surface area contributed by atoms with Crippen LogP contribution in [0.15, 0.2) is 48.0 Å². The quantitative estimate of drug-likeness (QED) is 0.218. The number of hydrogen-bond acceptors (Lipinski definition) is 8. The van der Waals surface area contributed by atoms with Crippen molar-refractivity contribution in [1.29, 1.82) is 5.26 Å². The molecule has 0 saturated carbocycles. The van der Waals surface area contributed by atoms with Crippen molar-refractivity contribution in [3.8, 4) is 29.1 Å². The lowest BCUT2D eigenvalue weighted by atomic mass is 10.1. The van der Waals surface area contributed by atoms with Crippen LogP contribution in [0.1, 0.15) is 25.0 Å². The van der Waals surface area contributed by atoms with Crippen LogP contribution < -0.4 is 18.9 Å². The highest BCUT2D eigenvalue weighted by Gasteiger charge is 2.21. The second-order valence-corrected chi connectivity index (χ2v) is 8.32. The zero-order chi connectivity index (χ0) is 26.8. The molecule has 0 radical (unpaired) electrons. The van der Waals surface area contributed by atoms with E-state index in [0.29, 0.717) is 43.4 Å². The number of nitrogens with zero attached hydrogens (tertiary/aromatic N) is 2. The minimum absolute atomic E-state index is 0.00104. The molecule has 3 rings (SSSR count).